The number of hydrogen-bond donors (Lipinski definition) is 0. The topological polar surface area (TPSA) is 20.9 Å². The second kappa shape index (κ2) is 5.06. The molecule has 0 unspecified atom stereocenters. The zero-order valence-electron chi connectivity index (χ0n) is 10.0. The van der Waals surface area contributed by atoms with Crippen molar-refractivity contribution in [3.8, 4) is 0 Å². The van der Waals surface area contributed by atoms with Crippen LogP contribution in [0.5, 0.6) is 0 Å². The van der Waals surface area contributed by atoms with Gasteiger partial charge in [-0.2, -0.15) is 4.57 Å². The first-order chi connectivity index (χ1) is 7.00. The molecule has 1 aromatic heterocycles. The van der Waals surface area contributed by atoms with E-state index < -0.39 is 0 Å². The number of carbonyl (C=O) groups is 1. The summed E-state index contributed by atoms with van der Waals surface area (Å²) in [6.45, 7) is 8.69. The molecular weight excluding hydrogens is 186 g/mol. The Hall–Kier alpha value is -1.18. The standard InChI is InChI=1S/C13H20NO/c1-10(2)12-5-7-14(8-6-12)9-13(15)11(3)4/h5-8,10-11H,9H2,1-4H3/q+1. The smallest absolute Gasteiger partial charge is 0.206 e. The first kappa shape index (κ1) is 11.9. The second-order valence-electron chi connectivity index (χ2n) is 4.58. The number of carbonyl (C=O) groups excluding carboxylic acids is 1. The van der Waals surface area contributed by atoms with Crippen LogP contribution in [0.2, 0.25) is 0 Å². The van der Waals surface area contributed by atoms with Gasteiger partial charge in [0.05, 0.1) is 0 Å². The summed E-state index contributed by atoms with van der Waals surface area (Å²) in [5.74, 6) is 0.931. The van der Waals surface area contributed by atoms with Gasteiger partial charge in [-0.25, -0.2) is 0 Å². The maximum atomic E-state index is 11.5. The van der Waals surface area contributed by atoms with E-state index in [1.54, 1.807) is 0 Å². The van der Waals surface area contributed by atoms with Gasteiger partial charge in [0.15, 0.2) is 18.2 Å². The SMILES string of the molecule is CC(C)C(=O)C[n+]1ccc(C(C)C)cc1. The van der Waals surface area contributed by atoms with Crippen LogP contribution >= 0.6 is 0 Å². The van der Waals surface area contributed by atoms with Crippen molar-refractivity contribution in [3.63, 3.8) is 0 Å². The van der Waals surface area contributed by atoms with Crippen LogP contribution in [0.1, 0.15) is 39.2 Å². The highest BCUT2D eigenvalue weighted by Gasteiger charge is 2.13. The number of rotatable bonds is 4. The van der Waals surface area contributed by atoms with Crippen molar-refractivity contribution in [1.29, 1.82) is 0 Å². The van der Waals surface area contributed by atoms with E-state index in [-0.39, 0.29) is 11.7 Å². The van der Waals surface area contributed by atoms with E-state index in [1.165, 1.54) is 5.56 Å². The summed E-state index contributed by atoms with van der Waals surface area (Å²) in [5.41, 5.74) is 1.31. The summed E-state index contributed by atoms with van der Waals surface area (Å²) >= 11 is 0. The Bertz CT molecular complexity index is 325. The minimum atomic E-state index is 0.113. The molecule has 0 saturated heterocycles. The van der Waals surface area contributed by atoms with Gasteiger partial charge in [-0.1, -0.05) is 27.7 Å². The Balaban J connectivity index is 2.69. The van der Waals surface area contributed by atoms with Crippen LogP contribution in [-0.2, 0) is 11.3 Å². The Kier molecular flexibility index (Phi) is 4.01. The van der Waals surface area contributed by atoms with E-state index in [0.717, 1.165) is 0 Å². The average molecular weight is 206 g/mol. The van der Waals surface area contributed by atoms with Gasteiger partial charge in [0.25, 0.3) is 0 Å². The van der Waals surface area contributed by atoms with Gasteiger partial charge >= 0.3 is 0 Å². The van der Waals surface area contributed by atoms with E-state index in [2.05, 4.69) is 26.0 Å². The van der Waals surface area contributed by atoms with Crippen LogP contribution in [0.3, 0.4) is 0 Å². The van der Waals surface area contributed by atoms with E-state index >= 15 is 0 Å². The highest BCUT2D eigenvalue weighted by Crippen LogP contribution is 2.10. The fraction of sp³-hybridized carbons (Fsp3) is 0.538. The van der Waals surface area contributed by atoms with Gasteiger partial charge in [-0.15, -0.1) is 0 Å². The molecular formula is C13H20NO+. The third-order valence-electron chi connectivity index (χ3n) is 2.57. The molecule has 0 bridgehead atoms. The molecule has 2 heteroatoms. The highest BCUT2D eigenvalue weighted by atomic mass is 16.1. The largest absolute Gasteiger partial charge is 0.292 e. The van der Waals surface area contributed by atoms with Crippen LogP contribution < -0.4 is 4.57 Å². The number of hydrogen-bond acceptors (Lipinski definition) is 1. The van der Waals surface area contributed by atoms with Gasteiger partial charge in [-0.05, 0) is 11.5 Å². The van der Waals surface area contributed by atoms with Crippen molar-refractivity contribution in [1.82, 2.24) is 0 Å². The molecule has 0 amide bonds. The fourth-order valence-electron chi connectivity index (χ4n) is 1.32. The second-order valence-corrected chi connectivity index (χ2v) is 4.58. The van der Waals surface area contributed by atoms with Gasteiger partial charge < -0.3 is 0 Å². The summed E-state index contributed by atoms with van der Waals surface area (Å²) in [6, 6.07) is 4.16. The summed E-state index contributed by atoms with van der Waals surface area (Å²) in [6.07, 6.45) is 3.96. The molecule has 0 spiro atoms. The molecule has 2 nitrogen and oxygen atoms in total. The molecule has 0 aromatic carbocycles. The third kappa shape index (κ3) is 3.46. The van der Waals surface area contributed by atoms with Crippen molar-refractivity contribution < 1.29 is 9.36 Å². The number of ketones is 1. The van der Waals surface area contributed by atoms with Gasteiger partial charge in [-0.3, -0.25) is 4.79 Å². The summed E-state index contributed by atoms with van der Waals surface area (Å²) in [7, 11) is 0. The Morgan fingerprint density at radius 1 is 1.20 bits per heavy atom. The number of pyridine rings is 1. The number of Topliss-reactive ketones (excluding diaryl/α,β-unsaturated/α-hetero) is 1. The third-order valence-corrected chi connectivity index (χ3v) is 2.57. The van der Waals surface area contributed by atoms with Crippen LogP contribution in [0, 0.1) is 5.92 Å². The Morgan fingerprint density at radius 3 is 2.13 bits per heavy atom. The number of nitrogens with zero attached hydrogens (tertiary/aromatic N) is 1. The lowest BCUT2D eigenvalue weighted by atomic mass is 10.1. The Labute approximate surface area is 91.9 Å². The molecule has 82 valence electrons. The molecule has 0 aliphatic carbocycles. The average Bonchev–Trinajstić information content (AvgIpc) is 2.18. The van der Waals surface area contributed by atoms with Gasteiger partial charge in [0.1, 0.15) is 0 Å². The quantitative estimate of drug-likeness (QED) is 0.693. The predicted molar refractivity (Wildman–Crippen MR) is 60.6 cm³/mol. The molecule has 0 atom stereocenters. The van der Waals surface area contributed by atoms with Crippen molar-refractivity contribution in [2.24, 2.45) is 5.92 Å². The Morgan fingerprint density at radius 2 is 1.73 bits per heavy atom. The van der Waals surface area contributed by atoms with E-state index in [0.29, 0.717) is 12.5 Å². The molecule has 1 aromatic rings. The van der Waals surface area contributed by atoms with Crippen LogP contribution in [0.15, 0.2) is 24.5 Å². The molecule has 0 aliphatic rings. The normalized spacial score (nSPS) is 11.1. The summed E-state index contributed by atoms with van der Waals surface area (Å²) < 4.78 is 1.94. The molecule has 1 heterocycles. The van der Waals surface area contributed by atoms with E-state index in [1.807, 2.05) is 30.8 Å². The predicted octanol–water partition coefficient (Wildman–Crippen LogP) is 2.32. The van der Waals surface area contributed by atoms with Crippen molar-refractivity contribution >= 4 is 5.78 Å². The maximum absolute atomic E-state index is 11.5. The lowest BCUT2D eigenvalue weighted by molar-refractivity contribution is -0.684. The van der Waals surface area contributed by atoms with Crippen LogP contribution in [-0.4, -0.2) is 5.78 Å². The first-order valence-electron chi connectivity index (χ1n) is 5.52. The molecule has 15 heavy (non-hydrogen) atoms. The molecule has 1 rings (SSSR count). The molecule has 0 saturated carbocycles. The fourth-order valence-corrected chi connectivity index (χ4v) is 1.32. The lowest BCUT2D eigenvalue weighted by Crippen LogP contribution is -2.38. The number of aromatic nitrogens is 1. The molecule has 0 fully saturated rings. The van der Waals surface area contributed by atoms with Crippen LogP contribution in [0.25, 0.3) is 0 Å². The molecule has 0 aliphatic heterocycles. The summed E-state index contributed by atoms with van der Waals surface area (Å²) in [5, 5.41) is 0. The van der Waals surface area contributed by atoms with E-state index in [4.69, 9.17) is 0 Å². The van der Waals surface area contributed by atoms with Crippen molar-refractivity contribution in [2.75, 3.05) is 0 Å². The maximum Gasteiger partial charge on any atom is 0.206 e. The first-order valence-corrected chi connectivity index (χ1v) is 5.52. The zero-order valence-corrected chi connectivity index (χ0v) is 10.0. The van der Waals surface area contributed by atoms with Gasteiger partial charge in [0.2, 0.25) is 6.54 Å². The van der Waals surface area contributed by atoms with Crippen LogP contribution in [0.4, 0.5) is 0 Å². The monoisotopic (exact) mass is 206 g/mol. The molecule has 0 radical (unpaired) electrons. The molecule has 0 N–H and O–H groups in total. The highest BCUT2D eigenvalue weighted by molar-refractivity contribution is 5.78. The zero-order chi connectivity index (χ0) is 11.4. The van der Waals surface area contributed by atoms with Crippen molar-refractivity contribution in [3.05, 3.63) is 30.1 Å². The van der Waals surface area contributed by atoms with E-state index in [9.17, 15) is 4.79 Å². The minimum absolute atomic E-state index is 0.113. The van der Waals surface area contributed by atoms with Crippen molar-refractivity contribution in [2.45, 2.75) is 40.2 Å². The summed E-state index contributed by atoms with van der Waals surface area (Å²) in [4.78, 5) is 11.5. The minimum Gasteiger partial charge on any atom is -0.292 e. The lowest BCUT2D eigenvalue weighted by Gasteiger charge is -2.04. The van der Waals surface area contributed by atoms with Gasteiger partial charge in [0, 0.05) is 18.1 Å².